The van der Waals surface area contributed by atoms with Gasteiger partial charge in [0.1, 0.15) is 12.1 Å². The molecule has 3 aromatic heterocycles. The zero-order valence-electron chi connectivity index (χ0n) is 14.6. The smallest absolute Gasteiger partial charge is 0.178 e. The van der Waals surface area contributed by atoms with Crippen LogP contribution in [0, 0.1) is 0 Å². The van der Waals surface area contributed by atoms with Crippen molar-refractivity contribution >= 4 is 11.5 Å². The maximum atomic E-state index is 4.68. The predicted octanol–water partition coefficient (Wildman–Crippen LogP) is 1.36. The van der Waals surface area contributed by atoms with Crippen LogP contribution in [0.3, 0.4) is 0 Å². The predicted molar refractivity (Wildman–Crippen MR) is 94.4 cm³/mol. The molecule has 8 heteroatoms. The van der Waals surface area contributed by atoms with E-state index in [0.717, 1.165) is 55.3 Å². The van der Waals surface area contributed by atoms with Gasteiger partial charge < -0.3 is 4.90 Å². The van der Waals surface area contributed by atoms with E-state index in [-0.39, 0.29) is 0 Å². The fraction of sp³-hybridized carbons (Fsp3) is 0.471. The molecule has 0 aromatic carbocycles. The van der Waals surface area contributed by atoms with Crippen LogP contribution in [0.25, 0.3) is 5.65 Å². The number of fused-ring (bicyclic) bond motifs is 1. The van der Waals surface area contributed by atoms with Crippen molar-refractivity contribution in [1.82, 2.24) is 34.7 Å². The standard InChI is InChI=1S/C17H22N8/c1-23(2)16-4-3-15-20-21-17(25(15)22-16)14-5-7-24(8-6-14)11-13-9-18-12-19-10-13/h3-4,9-10,12,14H,5-8,11H2,1-2H3. The number of aromatic nitrogens is 6. The third-order valence-electron chi connectivity index (χ3n) is 4.70. The highest BCUT2D eigenvalue weighted by Gasteiger charge is 2.25. The van der Waals surface area contributed by atoms with Crippen LogP contribution in [0.4, 0.5) is 5.82 Å². The molecule has 0 atom stereocenters. The first-order chi connectivity index (χ1) is 12.2. The molecular formula is C17H22N8. The summed E-state index contributed by atoms with van der Waals surface area (Å²) < 4.78 is 1.90. The van der Waals surface area contributed by atoms with Crippen LogP contribution >= 0.6 is 0 Å². The zero-order valence-corrected chi connectivity index (χ0v) is 14.6. The van der Waals surface area contributed by atoms with Crippen molar-refractivity contribution in [2.24, 2.45) is 0 Å². The molecule has 1 aliphatic heterocycles. The molecule has 0 radical (unpaired) electrons. The summed E-state index contributed by atoms with van der Waals surface area (Å²) in [5, 5.41) is 13.4. The summed E-state index contributed by atoms with van der Waals surface area (Å²) in [4.78, 5) is 12.6. The van der Waals surface area contributed by atoms with Gasteiger partial charge in [-0.15, -0.1) is 15.3 Å². The molecule has 130 valence electrons. The molecule has 8 nitrogen and oxygen atoms in total. The molecule has 1 saturated heterocycles. The lowest BCUT2D eigenvalue weighted by Crippen LogP contribution is -2.33. The van der Waals surface area contributed by atoms with Gasteiger partial charge in [0.15, 0.2) is 11.5 Å². The Morgan fingerprint density at radius 1 is 1.08 bits per heavy atom. The highest BCUT2D eigenvalue weighted by atomic mass is 15.4. The molecule has 25 heavy (non-hydrogen) atoms. The number of likely N-dealkylation sites (tertiary alicyclic amines) is 1. The van der Waals surface area contributed by atoms with Crippen LogP contribution < -0.4 is 4.90 Å². The molecule has 0 amide bonds. The molecule has 0 unspecified atom stereocenters. The van der Waals surface area contributed by atoms with E-state index in [2.05, 4.69) is 30.2 Å². The quantitative estimate of drug-likeness (QED) is 0.711. The number of piperidine rings is 1. The van der Waals surface area contributed by atoms with E-state index in [1.54, 1.807) is 6.33 Å². The Kier molecular flexibility index (Phi) is 4.27. The Labute approximate surface area is 146 Å². The summed E-state index contributed by atoms with van der Waals surface area (Å²) in [5.41, 5.74) is 1.97. The summed E-state index contributed by atoms with van der Waals surface area (Å²) in [6.45, 7) is 2.96. The van der Waals surface area contributed by atoms with Crippen LogP contribution in [-0.4, -0.2) is 61.9 Å². The molecule has 0 bridgehead atoms. The number of anilines is 1. The van der Waals surface area contributed by atoms with Gasteiger partial charge in [0.25, 0.3) is 0 Å². The van der Waals surface area contributed by atoms with Gasteiger partial charge in [-0.2, -0.15) is 4.52 Å². The lowest BCUT2D eigenvalue weighted by molar-refractivity contribution is 0.200. The molecule has 4 heterocycles. The van der Waals surface area contributed by atoms with Gasteiger partial charge in [0, 0.05) is 44.5 Å². The molecule has 0 aliphatic carbocycles. The average molecular weight is 338 g/mol. The second-order valence-electron chi connectivity index (χ2n) is 6.71. The van der Waals surface area contributed by atoms with Crippen LogP contribution in [0.5, 0.6) is 0 Å². The molecular weight excluding hydrogens is 316 g/mol. The van der Waals surface area contributed by atoms with Crippen molar-refractivity contribution in [3.05, 3.63) is 42.2 Å². The second-order valence-corrected chi connectivity index (χ2v) is 6.71. The SMILES string of the molecule is CN(C)c1ccc2nnc(C3CCN(Cc4cncnc4)CC3)n2n1. The summed E-state index contributed by atoms with van der Waals surface area (Å²) in [5.74, 6) is 2.28. The van der Waals surface area contributed by atoms with Gasteiger partial charge in [0.2, 0.25) is 0 Å². The zero-order chi connectivity index (χ0) is 17.2. The lowest BCUT2D eigenvalue weighted by atomic mass is 9.96. The Balaban J connectivity index is 1.47. The van der Waals surface area contributed by atoms with E-state index in [4.69, 9.17) is 0 Å². The Hall–Kier alpha value is -2.61. The topological polar surface area (TPSA) is 75.3 Å². The number of nitrogens with zero attached hydrogens (tertiary/aromatic N) is 8. The van der Waals surface area contributed by atoms with Crippen LogP contribution in [-0.2, 0) is 6.54 Å². The monoisotopic (exact) mass is 338 g/mol. The van der Waals surface area contributed by atoms with Gasteiger partial charge in [-0.3, -0.25) is 4.90 Å². The minimum absolute atomic E-state index is 0.392. The van der Waals surface area contributed by atoms with Crippen LogP contribution in [0.15, 0.2) is 30.9 Å². The van der Waals surface area contributed by atoms with E-state index >= 15 is 0 Å². The maximum Gasteiger partial charge on any atom is 0.178 e. The molecule has 0 spiro atoms. The first-order valence-electron chi connectivity index (χ1n) is 8.56. The van der Waals surface area contributed by atoms with E-state index in [0.29, 0.717) is 5.92 Å². The third kappa shape index (κ3) is 3.30. The van der Waals surface area contributed by atoms with Crippen molar-refractivity contribution in [1.29, 1.82) is 0 Å². The maximum absolute atomic E-state index is 4.68. The summed E-state index contributed by atoms with van der Waals surface area (Å²) in [6.07, 6.45) is 7.46. The second kappa shape index (κ2) is 6.72. The Morgan fingerprint density at radius 2 is 1.84 bits per heavy atom. The first kappa shape index (κ1) is 15.9. The molecule has 0 N–H and O–H groups in total. The van der Waals surface area contributed by atoms with E-state index in [9.17, 15) is 0 Å². The highest BCUT2D eigenvalue weighted by Crippen LogP contribution is 2.27. The van der Waals surface area contributed by atoms with Gasteiger partial charge in [0.05, 0.1) is 0 Å². The van der Waals surface area contributed by atoms with Crippen molar-refractivity contribution in [2.75, 3.05) is 32.1 Å². The van der Waals surface area contributed by atoms with Crippen molar-refractivity contribution in [3.63, 3.8) is 0 Å². The molecule has 1 fully saturated rings. The number of hydrogen-bond donors (Lipinski definition) is 0. The van der Waals surface area contributed by atoms with E-state index in [1.807, 2.05) is 48.0 Å². The Morgan fingerprint density at radius 3 is 2.56 bits per heavy atom. The minimum atomic E-state index is 0.392. The Bertz CT molecular complexity index is 836. The first-order valence-corrected chi connectivity index (χ1v) is 8.56. The fourth-order valence-electron chi connectivity index (χ4n) is 3.31. The van der Waals surface area contributed by atoms with Crippen molar-refractivity contribution in [3.8, 4) is 0 Å². The molecule has 1 aliphatic rings. The summed E-state index contributed by atoms with van der Waals surface area (Å²) >= 11 is 0. The van der Waals surface area contributed by atoms with Gasteiger partial charge in [-0.25, -0.2) is 9.97 Å². The molecule has 4 rings (SSSR count). The minimum Gasteiger partial charge on any atom is -0.361 e. The number of hydrogen-bond acceptors (Lipinski definition) is 7. The third-order valence-corrected chi connectivity index (χ3v) is 4.70. The van der Waals surface area contributed by atoms with E-state index in [1.165, 1.54) is 0 Å². The summed E-state index contributed by atoms with van der Waals surface area (Å²) in [7, 11) is 3.98. The summed E-state index contributed by atoms with van der Waals surface area (Å²) in [6, 6.07) is 3.95. The van der Waals surface area contributed by atoms with Crippen molar-refractivity contribution in [2.45, 2.75) is 25.3 Å². The van der Waals surface area contributed by atoms with Gasteiger partial charge in [-0.05, 0) is 38.1 Å². The lowest BCUT2D eigenvalue weighted by Gasteiger charge is -2.30. The van der Waals surface area contributed by atoms with Gasteiger partial charge in [-0.1, -0.05) is 0 Å². The highest BCUT2D eigenvalue weighted by molar-refractivity contribution is 5.45. The largest absolute Gasteiger partial charge is 0.361 e. The normalized spacial score (nSPS) is 16.4. The van der Waals surface area contributed by atoms with E-state index < -0.39 is 0 Å². The molecule has 3 aromatic rings. The fourth-order valence-corrected chi connectivity index (χ4v) is 3.31. The van der Waals surface area contributed by atoms with Crippen molar-refractivity contribution < 1.29 is 0 Å². The van der Waals surface area contributed by atoms with Gasteiger partial charge >= 0.3 is 0 Å². The average Bonchev–Trinajstić information content (AvgIpc) is 3.06. The van der Waals surface area contributed by atoms with Crippen LogP contribution in [0.2, 0.25) is 0 Å². The van der Waals surface area contributed by atoms with Crippen LogP contribution in [0.1, 0.15) is 30.1 Å². The number of rotatable bonds is 4. The molecule has 0 saturated carbocycles.